The summed E-state index contributed by atoms with van der Waals surface area (Å²) < 4.78 is 0.390. The van der Waals surface area contributed by atoms with Crippen LogP contribution in [0.15, 0.2) is 27.5 Å². The van der Waals surface area contributed by atoms with Crippen molar-refractivity contribution in [2.45, 2.75) is 13.3 Å². The third-order valence-corrected chi connectivity index (χ3v) is 2.85. The normalized spacial score (nSPS) is 13.9. The number of halogens is 2. The molecule has 4 N–H and O–H groups in total. The molecule has 0 amide bonds. The van der Waals surface area contributed by atoms with Gasteiger partial charge in [0.15, 0.2) is 0 Å². The maximum Gasteiger partial charge on any atom is 0.108 e. The van der Waals surface area contributed by atoms with Gasteiger partial charge in [-0.2, -0.15) is 0 Å². The van der Waals surface area contributed by atoms with E-state index >= 15 is 0 Å². The molecule has 90 valence electrons. The lowest BCUT2D eigenvalue weighted by molar-refractivity contribution is 1.04. The number of hydrogen-bond acceptors (Lipinski definition) is 4. The minimum atomic E-state index is 0.390. The fourth-order valence-corrected chi connectivity index (χ4v) is 1.74. The second-order valence-electron chi connectivity index (χ2n) is 2.90. The molecule has 0 spiro atoms. The third kappa shape index (κ3) is 5.50. The predicted octanol–water partition coefficient (Wildman–Crippen LogP) is 2.39. The second-order valence-corrected chi connectivity index (χ2v) is 4.36. The Hall–Kier alpha value is -0.560. The molecule has 0 unspecified atom stereocenters. The molecule has 0 bridgehead atoms. The van der Waals surface area contributed by atoms with Crippen molar-refractivity contribution in [1.29, 1.82) is 5.41 Å². The van der Waals surface area contributed by atoms with Crippen LogP contribution in [0.4, 0.5) is 0 Å². The summed E-state index contributed by atoms with van der Waals surface area (Å²) in [5.74, 6) is 0. The Morgan fingerprint density at radius 1 is 1.62 bits per heavy atom. The van der Waals surface area contributed by atoms with E-state index < -0.39 is 0 Å². The predicted molar refractivity (Wildman–Crippen MR) is 79.6 cm³/mol. The van der Waals surface area contributed by atoms with E-state index in [4.69, 9.17) is 22.7 Å². The molecule has 0 aliphatic carbocycles. The molecular weight excluding hydrogens is 338 g/mol. The van der Waals surface area contributed by atoms with E-state index in [0.717, 1.165) is 5.57 Å². The maximum absolute atomic E-state index is 7.62. The fraction of sp³-hybridized carbons (Fsp3) is 0.400. The molecule has 0 saturated heterocycles. The molecule has 6 heteroatoms. The average molecular weight is 355 g/mol. The molecule has 4 nitrogen and oxygen atoms in total. The maximum atomic E-state index is 7.62. The lowest BCUT2D eigenvalue weighted by atomic mass is 10.1. The number of nitrogens with two attached hydrogens (primary N) is 1. The SMILES string of the molecule is CCN=CC(=CN)C/C(C(=N)I)=C(\Cl)NC. The van der Waals surface area contributed by atoms with E-state index in [-0.39, 0.29) is 0 Å². The summed E-state index contributed by atoms with van der Waals surface area (Å²) >= 11 is 7.89. The molecule has 0 aromatic heterocycles. The van der Waals surface area contributed by atoms with E-state index in [9.17, 15) is 0 Å². The van der Waals surface area contributed by atoms with E-state index in [0.29, 0.717) is 27.4 Å². The van der Waals surface area contributed by atoms with E-state index in [2.05, 4.69) is 10.3 Å². The van der Waals surface area contributed by atoms with Crippen molar-refractivity contribution in [1.82, 2.24) is 5.32 Å². The van der Waals surface area contributed by atoms with Gasteiger partial charge in [0.1, 0.15) is 5.16 Å². The van der Waals surface area contributed by atoms with Crippen LogP contribution in [0.2, 0.25) is 0 Å². The van der Waals surface area contributed by atoms with E-state index in [1.165, 1.54) is 6.20 Å². The monoisotopic (exact) mass is 354 g/mol. The summed E-state index contributed by atoms with van der Waals surface area (Å²) in [7, 11) is 1.72. The summed E-state index contributed by atoms with van der Waals surface area (Å²) in [6, 6.07) is 0. The quantitative estimate of drug-likeness (QED) is 0.389. The number of nitrogens with zero attached hydrogens (tertiary/aromatic N) is 1. The Bertz CT molecular complexity index is 334. The summed E-state index contributed by atoms with van der Waals surface area (Å²) in [5.41, 5.74) is 7.04. The molecule has 0 radical (unpaired) electrons. The van der Waals surface area contributed by atoms with Gasteiger partial charge in [0.2, 0.25) is 0 Å². The molecule has 0 aromatic carbocycles. The summed E-state index contributed by atoms with van der Waals surface area (Å²) in [5, 5.41) is 10.9. The highest BCUT2D eigenvalue weighted by atomic mass is 127. The minimum absolute atomic E-state index is 0.390. The third-order valence-electron chi connectivity index (χ3n) is 1.78. The second kappa shape index (κ2) is 8.58. The molecule has 16 heavy (non-hydrogen) atoms. The van der Waals surface area contributed by atoms with Gasteiger partial charge >= 0.3 is 0 Å². The van der Waals surface area contributed by atoms with Gasteiger partial charge in [0, 0.05) is 31.8 Å². The molecule has 0 atom stereocenters. The van der Waals surface area contributed by atoms with Gasteiger partial charge in [-0.1, -0.05) is 11.6 Å². The number of aliphatic imine (C=N–C) groups is 1. The highest BCUT2D eigenvalue weighted by molar-refractivity contribution is 14.1. The Morgan fingerprint density at radius 3 is 2.62 bits per heavy atom. The fourth-order valence-electron chi connectivity index (χ4n) is 0.963. The molecule has 0 saturated carbocycles. The first-order chi connectivity index (χ1) is 7.56. The summed E-state index contributed by atoms with van der Waals surface area (Å²) in [6.45, 7) is 2.65. The zero-order valence-electron chi connectivity index (χ0n) is 9.35. The van der Waals surface area contributed by atoms with Crippen LogP contribution in [-0.4, -0.2) is 23.5 Å². The van der Waals surface area contributed by atoms with Crippen molar-refractivity contribution >= 4 is 44.1 Å². The standard InChI is InChI=1S/C10H16ClIN4/c1-3-16-6-7(5-13)4-8(10(12)14)9(11)15-2/h5-6,14-15H,3-4,13H2,1-2H3/b7-5?,9-8-,14-10?,16-6?. The Morgan fingerprint density at radius 2 is 2.25 bits per heavy atom. The molecule has 0 aliphatic heterocycles. The molecular formula is C10H16ClIN4. The van der Waals surface area contributed by atoms with Crippen molar-refractivity contribution < 1.29 is 0 Å². The number of hydrogen-bond donors (Lipinski definition) is 3. The molecule has 0 aliphatic rings. The first-order valence-corrected chi connectivity index (χ1v) is 6.23. The van der Waals surface area contributed by atoms with Gasteiger partial charge < -0.3 is 11.1 Å². The Labute approximate surface area is 115 Å². The number of rotatable bonds is 6. The van der Waals surface area contributed by atoms with Crippen LogP contribution in [0.5, 0.6) is 0 Å². The largest absolute Gasteiger partial charge is 0.404 e. The van der Waals surface area contributed by atoms with Gasteiger partial charge in [0.05, 0.1) is 3.72 Å². The number of nitrogens with one attached hydrogen (secondary N) is 2. The summed E-state index contributed by atoms with van der Waals surface area (Å²) in [4.78, 5) is 4.11. The van der Waals surface area contributed by atoms with E-state index in [1.54, 1.807) is 13.3 Å². The molecule has 0 heterocycles. The van der Waals surface area contributed by atoms with Crippen LogP contribution in [0.1, 0.15) is 13.3 Å². The van der Waals surface area contributed by atoms with Gasteiger partial charge in [0.25, 0.3) is 0 Å². The van der Waals surface area contributed by atoms with Crippen molar-refractivity contribution in [2.75, 3.05) is 13.6 Å². The van der Waals surface area contributed by atoms with Gasteiger partial charge in [-0.05, 0) is 41.3 Å². The molecule has 0 rings (SSSR count). The smallest absolute Gasteiger partial charge is 0.108 e. The van der Waals surface area contributed by atoms with E-state index in [1.807, 2.05) is 29.5 Å². The van der Waals surface area contributed by atoms with Crippen molar-refractivity contribution in [3.05, 3.63) is 22.5 Å². The molecule has 0 fully saturated rings. The van der Waals surface area contributed by atoms with Crippen LogP contribution in [0, 0.1) is 5.41 Å². The van der Waals surface area contributed by atoms with Crippen molar-refractivity contribution in [2.24, 2.45) is 10.7 Å². The van der Waals surface area contributed by atoms with Crippen LogP contribution in [0.25, 0.3) is 0 Å². The van der Waals surface area contributed by atoms with Gasteiger partial charge in [-0.3, -0.25) is 10.4 Å². The highest BCUT2D eigenvalue weighted by Gasteiger charge is 2.09. The lowest BCUT2D eigenvalue weighted by Crippen LogP contribution is -2.09. The van der Waals surface area contributed by atoms with Crippen LogP contribution >= 0.6 is 34.2 Å². The zero-order chi connectivity index (χ0) is 12.6. The Balaban J connectivity index is 4.90. The van der Waals surface area contributed by atoms with Crippen LogP contribution in [0.3, 0.4) is 0 Å². The average Bonchev–Trinajstić information content (AvgIpc) is 2.28. The van der Waals surface area contributed by atoms with Crippen molar-refractivity contribution in [3.8, 4) is 0 Å². The summed E-state index contributed by atoms with van der Waals surface area (Å²) in [6.07, 6.45) is 3.69. The van der Waals surface area contributed by atoms with Crippen LogP contribution in [-0.2, 0) is 0 Å². The van der Waals surface area contributed by atoms with Crippen molar-refractivity contribution in [3.63, 3.8) is 0 Å². The Kier molecular flexibility index (Phi) is 8.28. The van der Waals surface area contributed by atoms with Gasteiger partial charge in [-0.15, -0.1) is 0 Å². The minimum Gasteiger partial charge on any atom is -0.404 e. The topological polar surface area (TPSA) is 74.3 Å². The molecule has 0 aromatic rings. The zero-order valence-corrected chi connectivity index (χ0v) is 12.3. The highest BCUT2D eigenvalue weighted by Crippen LogP contribution is 2.19. The van der Waals surface area contributed by atoms with Gasteiger partial charge in [-0.25, -0.2) is 0 Å². The lowest BCUT2D eigenvalue weighted by Gasteiger charge is -2.08. The van der Waals surface area contributed by atoms with Crippen LogP contribution < -0.4 is 11.1 Å². The first kappa shape index (κ1) is 15.4. The number of allylic oxidation sites excluding steroid dienone is 2. The first-order valence-electron chi connectivity index (χ1n) is 4.78.